The van der Waals surface area contributed by atoms with Crippen LogP contribution in [0.4, 0.5) is 11.6 Å². The maximum atomic E-state index is 12.2. The third-order valence-corrected chi connectivity index (χ3v) is 3.78. The molecule has 0 unspecified atom stereocenters. The van der Waals surface area contributed by atoms with Crippen molar-refractivity contribution in [2.24, 2.45) is 0 Å². The van der Waals surface area contributed by atoms with Gasteiger partial charge in [-0.3, -0.25) is 4.79 Å². The van der Waals surface area contributed by atoms with Gasteiger partial charge in [0.05, 0.1) is 0 Å². The number of aromatic nitrogens is 2. The average molecular weight is 357 g/mol. The van der Waals surface area contributed by atoms with E-state index >= 15 is 0 Å². The minimum Gasteiger partial charge on any atom is -0.370 e. The molecule has 2 aromatic heterocycles. The molecule has 128 valence electrons. The van der Waals surface area contributed by atoms with Crippen LogP contribution in [0.3, 0.4) is 0 Å². The van der Waals surface area contributed by atoms with E-state index in [0.717, 1.165) is 11.4 Å². The number of rotatable bonds is 6. The summed E-state index contributed by atoms with van der Waals surface area (Å²) in [5.41, 5.74) is 1.66. The van der Waals surface area contributed by atoms with Gasteiger partial charge >= 0.3 is 0 Å². The maximum absolute atomic E-state index is 12.2. The zero-order valence-electron chi connectivity index (χ0n) is 13.6. The first-order valence-electron chi connectivity index (χ1n) is 7.79. The van der Waals surface area contributed by atoms with Gasteiger partial charge < -0.3 is 15.2 Å². The van der Waals surface area contributed by atoms with Crippen molar-refractivity contribution in [2.75, 3.05) is 17.2 Å². The van der Waals surface area contributed by atoms with E-state index in [1.54, 1.807) is 31.3 Å². The number of hydrogen-bond donors (Lipinski definition) is 2. The Morgan fingerprint density at radius 1 is 1.16 bits per heavy atom. The van der Waals surface area contributed by atoms with Crippen LogP contribution in [0, 0.1) is 6.92 Å². The van der Waals surface area contributed by atoms with E-state index in [9.17, 15) is 4.79 Å². The second kappa shape index (κ2) is 7.81. The molecule has 0 bridgehead atoms. The Bertz CT molecular complexity index is 862. The van der Waals surface area contributed by atoms with Crippen molar-refractivity contribution < 1.29 is 9.32 Å². The van der Waals surface area contributed by atoms with E-state index in [0.29, 0.717) is 29.5 Å². The fourth-order valence-corrected chi connectivity index (χ4v) is 2.39. The van der Waals surface area contributed by atoms with Gasteiger partial charge in [-0.1, -0.05) is 28.9 Å². The lowest BCUT2D eigenvalue weighted by Crippen LogP contribution is -2.13. The summed E-state index contributed by atoms with van der Waals surface area (Å²) in [4.78, 5) is 16.5. The molecule has 7 heteroatoms. The van der Waals surface area contributed by atoms with Crippen molar-refractivity contribution in [3.05, 3.63) is 70.6 Å². The minimum absolute atomic E-state index is 0.267. The van der Waals surface area contributed by atoms with E-state index < -0.39 is 0 Å². The van der Waals surface area contributed by atoms with Gasteiger partial charge in [0.25, 0.3) is 5.91 Å². The van der Waals surface area contributed by atoms with Crippen molar-refractivity contribution >= 4 is 29.1 Å². The standard InChI is InChI=1S/C18H17ClN4O2/c1-12-10-17(23-25-12)22-18(24)14-7-9-21-16(11-14)20-8-6-13-2-4-15(19)5-3-13/h2-5,7,9-11H,6,8H2,1H3,(H,20,21)(H,22,23,24). The molecular formula is C18H17ClN4O2. The first kappa shape index (κ1) is 17.0. The quantitative estimate of drug-likeness (QED) is 0.699. The molecule has 3 aromatic rings. The largest absolute Gasteiger partial charge is 0.370 e. The van der Waals surface area contributed by atoms with E-state index in [4.69, 9.17) is 16.1 Å². The van der Waals surface area contributed by atoms with Gasteiger partial charge in [0.1, 0.15) is 11.6 Å². The first-order chi connectivity index (χ1) is 12.1. The minimum atomic E-state index is -0.267. The Hall–Kier alpha value is -2.86. The van der Waals surface area contributed by atoms with Crippen molar-refractivity contribution in [2.45, 2.75) is 13.3 Å². The highest BCUT2D eigenvalue weighted by Crippen LogP contribution is 2.13. The summed E-state index contributed by atoms with van der Waals surface area (Å²) in [5.74, 6) is 1.39. The molecule has 0 saturated heterocycles. The lowest BCUT2D eigenvalue weighted by atomic mass is 10.1. The zero-order chi connectivity index (χ0) is 17.6. The fraction of sp³-hybridized carbons (Fsp3) is 0.167. The molecule has 0 aliphatic carbocycles. The van der Waals surface area contributed by atoms with Gasteiger partial charge in [-0.25, -0.2) is 4.98 Å². The molecule has 0 spiro atoms. The number of hydrogen-bond acceptors (Lipinski definition) is 5. The molecule has 25 heavy (non-hydrogen) atoms. The Kier molecular flexibility index (Phi) is 5.30. The van der Waals surface area contributed by atoms with Crippen LogP contribution >= 0.6 is 11.6 Å². The van der Waals surface area contributed by atoms with Crippen LogP contribution in [-0.2, 0) is 6.42 Å². The van der Waals surface area contributed by atoms with Crippen molar-refractivity contribution in [3.63, 3.8) is 0 Å². The second-order valence-corrected chi connectivity index (χ2v) is 5.95. The van der Waals surface area contributed by atoms with E-state index in [1.165, 1.54) is 5.56 Å². The number of nitrogens with one attached hydrogen (secondary N) is 2. The molecule has 2 N–H and O–H groups in total. The van der Waals surface area contributed by atoms with Crippen LogP contribution in [0.5, 0.6) is 0 Å². The number of carbonyl (C=O) groups is 1. The van der Waals surface area contributed by atoms with Gasteiger partial charge in [0, 0.05) is 29.4 Å². The molecule has 1 aromatic carbocycles. The normalized spacial score (nSPS) is 10.5. The summed E-state index contributed by atoms with van der Waals surface area (Å²) in [6.07, 6.45) is 2.42. The smallest absolute Gasteiger partial charge is 0.257 e. The Labute approximate surface area is 150 Å². The first-order valence-corrected chi connectivity index (χ1v) is 8.17. The monoisotopic (exact) mass is 356 g/mol. The van der Waals surface area contributed by atoms with Gasteiger partial charge in [0.2, 0.25) is 0 Å². The summed E-state index contributed by atoms with van der Waals surface area (Å²) >= 11 is 5.87. The number of carbonyl (C=O) groups excluding carboxylic acids is 1. The average Bonchev–Trinajstić information content (AvgIpc) is 3.02. The lowest BCUT2D eigenvalue weighted by Gasteiger charge is -2.07. The summed E-state index contributed by atoms with van der Waals surface area (Å²) in [5, 5.41) is 10.4. The number of amides is 1. The molecule has 0 aliphatic rings. The summed E-state index contributed by atoms with van der Waals surface area (Å²) < 4.78 is 4.93. The highest BCUT2D eigenvalue weighted by atomic mass is 35.5. The molecule has 0 fully saturated rings. The molecule has 0 aliphatic heterocycles. The van der Waals surface area contributed by atoms with E-state index in [-0.39, 0.29) is 5.91 Å². The Morgan fingerprint density at radius 2 is 1.96 bits per heavy atom. The van der Waals surface area contributed by atoms with Crippen LogP contribution in [-0.4, -0.2) is 22.6 Å². The fourth-order valence-electron chi connectivity index (χ4n) is 2.27. The Balaban J connectivity index is 1.57. The van der Waals surface area contributed by atoms with Crippen molar-refractivity contribution in [1.29, 1.82) is 0 Å². The third-order valence-electron chi connectivity index (χ3n) is 3.52. The van der Waals surface area contributed by atoms with E-state index in [1.807, 2.05) is 24.3 Å². The number of anilines is 2. The number of halogens is 1. The van der Waals surface area contributed by atoms with Gasteiger partial charge in [-0.05, 0) is 43.2 Å². The van der Waals surface area contributed by atoms with Crippen LogP contribution in [0.1, 0.15) is 21.7 Å². The van der Waals surface area contributed by atoms with Gasteiger partial charge in [0.15, 0.2) is 5.82 Å². The van der Waals surface area contributed by atoms with Crippen LogP contribution in [0.2, 0.25) is 5.02 Å². The predicted octanol–water partition coefficient (Wildman–Crippen LogP) is 3.94. The van der Waals surface area contributed by atoms with Crippen LogP contribution in [0.25, 0.3) is 0 Å². The number of benzene rings is 1. The third kappa shape index (κ3) is 4.81. The number of nitrogens with zero attached hydrogens (tertiary/aromatic N) is 2. The molecule has 2 heterocycles. The predicted molar refractivity (Wildman–Crippen MR) is 97.1 cm³/mol. The topological polar surface area (TPSA) is 80.0 Å². The molecule has 0 saturated carbocycles. The van der Waals surface area contributed by atoms with E-state index in [2.05, 4.69) is 20.8 Å². The SMILES string of the molecule is Cc1cc(NC(=O)c2ccnc(NCCc3ccc(Cl)cc3)c2)no1. The highest BCUT2D eigenvalue weighted by molar-refractivity contribution is 6.30. The molecular weight excluding hydrogens is 340 g/mol. The van der Waals surface area contributed by atoms with Crippen LogP contribution < -0.4 is 10.6 Å². The highest BCUT2D eigenvalue weighted by Gasteiger charge is 2.10. The van der Waals surface area contributed by atoms with Gasteiger partial charge in [-0.2, -0.15) is 0 Å². The zero-order valence-corrected chi connectivity index (χ0v) is 14.4. The second-order valence-electron chi connectivity index (χ2n) is 5.51. The molecule has 1 amide bonds. The lowest BCUT2D eigenvalue weighted by molar-refractivity contribution is 0.102. The number of aryl methyl sites for hydroxylation is 1. The molecule has 3 rings (SSSR count). The molecule has 0 radical (unpaired) electrons. The maximum Gasteiger partial charge on any atom is 0.257 e. The summed E-state index contributed by atoms with van der Waals surface area (Å²) in [7, 11) is 0. The molecule has 0 atom stereocenters. The molecule has 6 nitrogen and oxygen atoms in total. The van der Waals surface area contributed by atoms with Crippen molar-refractivity contribution in [1.82, 2.24) is 10.1 Å². The Morgan fingerprint density at radius 3 is 2.68 bits per heavy atom. The number of pyridine rings is 1. The summed E-state index contributed by atoms with van der Waals surface area (Å²) in [6, 6.07) is 12.7. The van der Waals surface area contributed by atoms with Crippen LogP contribution in [0.15, 0.2) is 53.2 Å². The van der Waals surface area contributed by atoms with Gasteiger partial charge in [-0.15, -0.1) is 0 Å². The van der Waals surface area contributed by atoms with Crippen molar-refractivity contribution in [3.8, 4) is 0 Å². The summed E-state index contributed by atoms with van der Waals surface area (Å²) in [6.45, 7) is 2.46.